The van der Waals surface area contributed by atoms with Crippen LogP contribution in [0.4, 0.5) is 0 Å². The highest BCUT2D eigenvalue weighted by Gasteiger charge is 2.65. The Morgan fingerprint density at radius 3 is 1.35 bits per heavy atom. The molecule has 6 N–H and O–H groups in total. The molecule has 0 heterocycles. The fourth-order valence-electron chi connectivity index (χ4n) is 19.1. The van der Waals surface area contributed by atoms with Crippen molar-refractivity contribution in [3.05, 3.63) is 92.7 Å². The number of aldehydes is 2. The Morgan fingerprint density at radius 2 is 0.940 bits per heavy atom. The zero-order valence-electron chi connectivity index (χ0n) is 64.9. The summed E-state index contributed by atoms with van der Waals surface area (Å²) in [5.41, 5.74) is 3.10. The van der Waals surface area contributed by atoms with Crippen molar-refractivity contribution >= 4 is 24.5 Å². The lowest BCUT2D eigenvalue weighted by Crippen LogP contribution is -2.59. The molecule has 0 saturated heterocycles. The lowest BCUT2D eigenvalue weighted by Gasteiger charge is -2.55. The van der Waals surface area contributed by atoms with Gasteiger partial charge in [-0.3, -0.25) is 19.2 Å². The van der Waals surface area contributed by atoms with Gasteiger partial charge in [-0.25, -0.2) is 0 Å². The van der Waals surface area contributed by atoms with Gasteiger partial charge in [0, 0.05) is 41.4 Å². The fourth-order valence-corrected chi connectivity index (χ4v) is 19.1. The van der Waals surface area contributed by atoms with Crippen LogP contribution in [-0.2, 0) is 28.7 Å². The Labute approximate surface area is 608 Å². The lowest BCUT2D eigenvalue weighted by molar-refractivity contribution is -0.168. The maximum Gasteiger partial charge on any atom is 0.305 e. The third-order valence-electron chi connectivity index (χ3n) is 25.2. The monoisotopic (exact) mass is 1390 g/mol. The maximum absolute atomic E-state index is 13.2. The molecule has 2 spiro atoms. The molecule has 0 aromatic carbocycles. The van der Waals surface area contributed by atoms with E-state index in [2.05, 4.69) is 78.0 Å². The van der Waals surface area contributed by atoms with Gasteiger partial charge in [-0.2, -0.15) is 0 Å². The van der Waals surface area contributed by atoms with Gasteiger partial charge in [0.15, 0.2) is 0 Å². The number of carbonyl (C=O) groups excluding carboxylic acids is 4. The molecule has 0 unspecified atom stereocenters. The Kier molecular flexibility index (Phi) is 38.7. The summed E-state index contributed by atoms with van der Waals surface area (Å²) in [6, 6.07) is 0. The Hall–Kier alpha value is -4.04. The second-order valence-corrected chi connectivity index (χ2v) is 32.7. The molecule has 0 bridgehead atoms. The summed E-state index contributed by atoms with van der Waals surface area (Å²) in [5.74, 6) is -2.34. The van der Waals surface area contributed by atoms with Crippen molar-refractivity contribution in [3.8, 4) is 0 Å². The highest BCUT2D eigenvalue weighted by Crippen LogP contribution is 2.65. The normalized spacial score (nSPS) is 29.7. The molecule has 0 amide bonds. The maximum atomic E-state index is 13.2. The Balaban J connectivity index is 1.40. The van der Waals surface area contributed by atoms with Crippen LogP contribution in [0.3, 0.4) is 0 Å². The van der Waals surface area contributed by atoms with Gasteiger partial charge in [0.1, 0.15) is 12.6 Å². The van der Waals surface area contributed by atoms with Gasteiger partial charge in [0.2, 0.25) is 0 Å². The first-order valence-corrected chi connectivity index (χ1v) is 40.7. The minimum Gasteiger partial charge on any atom is -0.466 e. The number of carbonyl (C=O) groups is 4. The number of hydrogen-bond acceptors (Lipinski definition) is 12. The summed E-state index contributed by atoms with van der Waals surface area (Å²) in [4.78, 5) is 51.4. The van der Waals surface area contributed by atoms with Crippen molar-refractivity contribution in [2.24, 2.45) is 45.8 Å². The molecule has 12 heteroatoms. The van der Waals surface area contributed by atoms with E-state index in [1.54, 1.807) is 0 Å². The molecule has 0 radical (unpaired) electrons. The number of ether oxygens (including phenoxy) is 2. The number of allylic oxidation sites excluding steroid dienone is 14. The summed E-state index contributed by atoms with van der Waals surface area (Å²) in [6.45, 7) is 20.1. The predicted octanol–water partition coefficient (Wildman–Crippen LogP) is 20.1. The van der Waals surface area contributed by atoms with Crippen molar-refractivity contribution in [3.63, 3.8) is 0 Å². The molecule has 5 aliphatic rings. The number of aliphatic hydroxyl groups excluding tert-OH is 4. The summed E-state index contributed by atoms with van der Waals surface area (Å²) >= 11 is 0. The zero-order valence-corrected chi connectivity index (χ0v) is 64.9. The van der Waals surface area contributed by atoms with E-state index in [0.717, 1.165) is 106 Å². The molecular formula is C88H144O12. The summed E-state index contributed by atoms with van der Waals surface area (Å²) in [7, 11) is 0. The van der Waals surface area contributed by atoms with E-state index in [9.17, 15) is 49.8 Å². The first kappa shape index (κ1) is 86.6. The SMILES string of the molecule is CCCCCCCCCCCCCC(=O)OCCC[C@@H]1/C(=C(/C)C=O)CC[C@](C)(O)[C@@]12CC[C@@H](/C(=C\C=C\[C@@]1(CCC=C(C)C)CCC(CCC=C(C)C)=C[C@@H]1/C=C(/CO)[C@@H]1CC[C@]3([C@H](CCCOC(=O)CCCCCCCCCCCCC)/C(=C(/C)C=O)CC[C@]3(C)O)[C@@H]1O)CO)[C@H]2O. The predicted molar refractivity (Wildman–Crippen MR) is 409 cm³/mol. The van der Waals surface area contributed by atoms with Gasteiger partial charge < -0.3 is 40.1 Å². The second-order valence-electron chi connectivity index (χ2n) is 32.7. The van der Waals surface area contributed by atoms with Gasteiger partial charge in [-0.15, -0.1) is 0 Å². The van der Waals surface area contributed by atoms with Gasteiger partial charge in [-0.05, 0) is 223 Å². The standard InChI is InChI=1S/C88H144O12/c1-11-13-15-17-19-21-23-25-27-29-31-44-80(93)99-58-36-42-78-74(68(7)62-89)47-53-84(9,97)87(78)56-49-76(82(87)95)71(64-91)41-35-52-86(51-34-39-67(5)6)55-46-70(40-33-38-66(3)4)60-73(86)61-72(65-92)77-50-57-88(83(77)96)79(75(69(8)63-90)48-54-85(88,10)98)43-37-59-100-81(94)45-32-30-28-26-24-22-20-18-16-14-12-2/h35,38-39,41,52,60-63,73,76-79,82-83,91-92,95-98H,11-34,36-37,40,42-51,53-59,64-65H2,1-10H3/b52-35+,71-41-,72-61-,74-68-,75-69-/t73-,76+,77+,78-,79-,82-,83-,84+,85+,86+,87+,88+/m1/s1. The van der Waals surface area contributed by atoms with Crippen LogP contribution in [-0.4, -0.2) is 105 Å². The molecule has 100 heavy (non-hydrogen) atoms. The van der Waals surface area contributed by atoms with Crippen LogP contribution >= 0.6 is 0 Å². The topological polar surface area (TPSA) is 208 Å². The van der Waals surface area contributed by atoms with Crippen molar-refractivity contribution in [2.45, 2.75) is 362 Å². The molecule has 4 fully saturated rings. The average molecular weight is 1390 g/mol. The Morgan fingerprint density at radius 1 is 0.530 bits per heavy atom. The van der Waals surface area contributed by atoms with E-state index < -0.39 is 51.5 Å². The number of esters is 2. The van der Waals surface area contributed by atoms with E-state index in [4.69, 9.17) is 9.47 Å². The van der Waals surface area contributed by atoms with Crippen LogP contribution in [0.2, 0.25) is 0 Å². The van der Waals surface area contributed by atoms with Crippen LogP contribution in [0.1, 0.15) is 339 Å². The molecule has 0 aromatic heterocycles. The van der Waals surface area contributed by atoms with E-state index in [1.165, 1.54) is 119 Å². The minimum absolute atomic E-state index is 0.204. The van der Waals surface area contributed by atoms with Gasteiger partial charge in [0.05, 0.1) is 49.8 Å². The van der Waals surface area contributed by atoms with Crippen molar-refractivity contribution in [2.75, 3.05) is 26.4 Å². The van der Waals surface area contributed by atoms with E-state index >= 15 is 0 Å². The number of rotatable bonds is 47. The molecule has 5 aliphatic carbocycles. The molecule has 12 atom stereocenters. The number of hydrogen-bond donors (Lipinski definition) is 6. The number of aliphatic hydroxyl groups is 6. The van der Waals surface area contributed by atoms with E-state index in [-0.39, 0.29) is 56.1 Å². The van der Waals surface area contributed by atoms with Gasteiger partial charge >= 0.3 is 11.9 Å². The Bertz CT molecular complexity index is 2740. The molecular weight excluding hydrogens is 1250 g/mol. The third kappa shape index (κ3) is 24.5. The fraction of sp³-hybridized carbons (Fsp3) is 0.773. The highest BCUT2D eigenvalue weighted by molar-refractivity contribution is 5.74. The van der Waals surface area contributed by atoms with Crippen molar-refractivity contribution in [1.82, 2.24) is 0 Å². The highest BCUT2D eigenvalue weighted by atomic mass is 16.5. The van der Waals surface area contributed by atoms with E-state index in [0.29, 0.717) is 107 Å². The number of unbranched alkanes of at least 4 members (excludes halogenated alkanes) is 20. The van der Waals surface area contributed by atoms with Crippen LogP contribution in [0.5, 0.6) is 0 Å². The first-order valence-electron chi connectivity index (χ1n) is 40.7. The molecule has 12 nitrogen and oxygen atoms in total. The molecule has 0 aliphatic heterocycles. The van der Waals surface area contributed by atoms with Crippen LogP contribution in [0.25, 0.3) is 0 Å². The van der Waals surface area contributed by atoms with Crippen molar-refractivity contribution in [1.29, 1.82) is 0 Å². The van der Waals surface area contributed by atoms with Crippen LogP contribution in [0.15, 0.2) is 92.7 Å². The summed E-state index contributed by atoms with van der Waals surface area (Å²) in [5, 5.41) is 74.9. The minimum atomic E-state index is -1.31. The first-order chi connectivity index (χ1) is 48.0. The van der Waals surface area contributed by atoms with E-state index in [1.807, 2.05) is 33.8 Å². The van der Waals surface area contributed by atoms with Crippen molar-refractivity contribution < 1.29 is 59.3 Å². The smallest absolute Gasteiger partial charge is 0.305 e. The second kappa shape index (κ2) is 44.7. The molecule has 4 saturated carbocycles. The molecule has 568 valence electrons. The quantitative estimate of drug-likeness (QED) is 0.00840. The average Bonchev–Trinajstić information content (AvgIpc) is 1.50. The molecule has 0 aromatic rings. The third-order valence-corrected chi connectivity index (χ3v) is 25.2. The largest absolute Gasteiger partial charge is 0.466 e. The summed E-state index contributed by atoms with van der Waals surface area (Å²) in [6.07, 6.45) is 53.1. The lowest BCUT2D eigenvalue weighted by atomic mass is 9.52. The van der Waals surface area contributed by atoms with Gasteiger partial charge in [-0.1, -0.05) is 213 Å². The van der Waals surface area contributed by atoms with Gasteiger partial charge in [0.25, 0.3) is 0 Å². The van der Waals surface area contributed by atoms with Crippen LogP contribution in [0, 0.1) is 45.8 Å². The molecule has 5 rings (SSSR count). The summed E-state index contributed by atoms with van der Waals surface area (Å²) < 4.78 is 11.7. The zero-order chi connectivity index (χ0) is 73.2. The van der Waals surface area contributed by atoms with Crippen LogP contribution < -0.4 is 0 Å².